The van der Waals surface area contributed by atoms with Crippen LogP contribution < -0.4 is 5.32 Å². The summed E-state index contributed by atoms with van der Waals surface area (Å²) in [6, 6.07) is 4.17. The van der Waals surface area contributed by atoms with Crippen LogP contribution in [-0.4, -0.2) is 45.8 Å². The summed E-state index contributed by atoms with van der Waals surface area (Å²) < 4.78 is 0. The van der Waals surface area contributed by atoms with Crippen molar-refractivity contribution in [3.05, 3.63) is 23.5 Å². The van der Waals surface area contributed by atoms with Crippen LogP contribution in [0.4, 0.5) is 5.82 Å². The Hall–Kier alpha value is -1.46. The number of hydrogen-bond acceptors (Lipinski definition) is 5. The summed E-state index contributed by atoms with van der Waals surface area (Å²) in [6.07, 6.45) is 4.11. The molecule has 20 heavy (non-hydrogen) atoms. The fourth-order valence-electron chi connectivity index (χ4n) is 2.71. The second kappa shape index (κ2) is 5.89. The van der Waals surface area contributed by atoms with Gasteiger partial charge in [-0.1, -0.05) is 18.5 Å². The lowest BCUT2D eigenvalue weighted by atomic mass is 10.1. The highest BCUT2D eigenvalue weighted by Gasteiger charge is 2.20. The van der Waals surface area contributed by atoms with Gasteiger partial charge in [0.15, 0.2) is 11.0 Å². The van der Waals surface area contributed by atoms with Crippen molar-refractivity contribution in [2.75, 3.05) is 25.0 Å². The number of likely N-dealkylation sites (tertiary alicyclic amines) is 1. The van der Waals surface area contributed by atoms with E-state index in [1.54, 1.807) is 6.20 Å². The molecule has 0 unspecified atom stereocenters. The molecule has 5 nitrogen and oxygen atoms in total. The fourth-order valence-corrected chi connectivity index (χ4v) is 2.90. The lowest BCUT2D eigenvalue weighted by Crippen LogP contribution is -2.42. The molecule has 1 aliphatic rings. The first-order valence-corrected chi connectivity index (χ1v) is 7.41. The highest BCUT2D eigenvalue weighted by molar-refractivity contribution is 6.34. The summed E-state index contributed by atoms with van der Waals surface area (Å²) in [6.45, 7) is 5.50. The maximum atomic E-state index is 6.07. The van der Waals surface area contributed by atoms with Crippen molar-refractivity contribution in [3.8, 4) is 0 Å². The van der Waals surface area contributed by atoms with Crippen LogP contribution in [0.15, 0.2) is 18.3 Å². The number of nitrogens with one attached hydrogen (secondary N) is 1. The third-order valence-corrected chi connectivity index (χ3v) is 4.06. The molecule has 6 heteroatoms. The van der Waals surface area contributed by atoms with Gasteiger partial charge in [0.2, 0.25) is 0 Å². The Kier molecular flexibility index (Phi) is 3.98. The normalized spacial score (nSPS) is 20.2. The first-order valence-electron chi connectivity index (χ1n) is 7.03. The van der Waals surface area contributed by atoms with E-state index in [2.05, 4.69) is 32.3 Å². The fraction of sp³-hybridized carbons (Fsp3) is 0.500. The van der Waals surface area contributed by atoms with Crippen molar-refractivity contribution in [3.63, 3.8) is 0 Å². The zero-order chi connectivity index (χ0) is 13.9. The van der Waals surface area contributed by atoms with E-state index in [0.717, 1.165) is 36.2 Å². The lowest BCUT2D eigenvalue weighted by Gasteiger charge is -2.32. The molecule has 0 spiro atoms. The van der Waals surface area contributed by atoms with Gasteiger partial charge in [0.1, 0.15) is 5.52 Å². The van der Waals surface area contributed by atoms with Gasteiger partial charge in [-0.05, 0) is 38.1 Å². The zero-order valence-electron chi connectivity index (χ0n) is 11.5. The van der Waals surface area contributed by atoms with Gasteiger partial charge in [-0.25, -0.2) is 0 Å². The van der Waals surface area contributed by atoms with E-state index in [4.69, 9.17) is 11.6 Å². The van der Waals surface area contributed by atoms with E-state index in [-0.39, 0.29) is 0 Å². The molecule has 1 atom stereocenters. The second-order valence-electron chi connectivity index (χ2n) is 5.12. The molecule has 0 radical (unpaired) electrons. The Morgan fingerprint density at radius 1 is 1.45 bits per heavy atom. The van der Waals surface area contributed by atoms with Crippen LogP contribution in [0.2, 0.25) is 5.15 Å². The number of halogens is 1. The van der Waals surface area contributed by atoms with Crippen molar-refractivity contribution in [2.45, 2.75) is 25.8 Å². The van der Waals surface area contributed by atoms with Crippen molar-refractivity contribution in [1.29, 1.82) is 0 Å². The molecule has 106 valence electrons. The van der Waals surface area contributed by atoms with Gasteiger partial charge in [0.05, 0.1) is 0 Å². The van der Waals surface area contributed by atoms with Crippen molar-refractivity contribution < 1.29 is 0 Å². The molecule has 0 bridgehead atoms. The molecule has 1 N–H and O–H groups in total. The lowest BCUT2D eigenvalue weighted by molar-refractivity contribution is 0.226. The summed E-state index contributed by atoms with van der Waals surface area (Å²) in [5.41, 5.74) is 0.793. The number of fused-ring (bicyclic) bond motifs is 1. The van der Waals surface area contributed by atoms with Gasteiger partial charge in [-0.15, -0.1) is 10.2 Å². The average Bonchev–Trinajstić information content (AvgIpc) is 2.51. The molecule has 3 heterocycles. The standard InChI is InChI=1S/C14H18ClN5/c1-2-20-8-4-5-10(9-20)17-14-12-11(6-3-7-16-12)13(15)18-19-14/h3,6-7,10H,2,4-5,8-9H2,1H3,(H,17,19)/t10-/m1/s1. The van der Waals surface area contributed by atoms with Crippen LogP contribution in [0, 0.1) is 0 Å². The monoisotopic (exact) mass is 291 g/mol. The number of piperidine rings is 1. The van der Waals surface area contributed by atoms with E-state index in [0.29, 0.717) is 11.2 Å². The minimum atomic E-state index is 0.393. The molecule has 0 saturated carbocycles. The summed E-state index contributed by atoms with van der Waals surface area (Å²) in [5, 5.41) is 12.9. The molecule has 2 aromatic heterocycles. The van der Waals surface area contributed by atoms with Gasteiger partial charge < -0.3 is 10.2 Å². The molecule has 1 saturated heterocycles. The third-order valence-electron chi connectivity index (χ3n) is 3.79. The zero-order valence-corrected chi connectivity index (χ0v) is 12.3. The number of nitrogens with zero attached hydrogens (tertiary/aromatic N) is 4. The quantitative estimate of drug-likeness (QED) is 0.942. The number of hydrogen-bond donors (Lipinski definition) is 1. The predicted octanol–water partition coefficient (Wildman–Crippen LogP) is 2.57. The Labute approximate surface area is 123 Å². The van der Waals surface area contributed by atoms with Crippen LogP contribution in [0.5, 0.6) is 0 Å². The highest BCUT2D eigenvalue weighted by Crippen LogP contribution is 2.25. The number of likely N-dealkylation sites (N-methyl/N-ethyl adjacent to an activating group) is 1. The van der Waals surface area contributed by atoms with E-state index >= 15 is 0 Å². The molecule has 0 aliphatic carbocycles. The molecular formula is C14H18ClN5. The van der Waals surface area contributed by atoms with Crippen LogP contribution in [0.3, 0.4) is 0 Å². The molecular weight excluding hydrogens is 274 g/mol. The average molecular weight is 292 g/mol. The third kappa shape index (κ3) is 2.69. The van der Waals surface area contributed by atoms with Crippen LogP contribution in [0.25, 0.3) is 10.9 Å². The molecule has 1 fully saturated rings. The maximum absolute atomic E-state index is 6.07. The van der Waals surface area contributed by atoms with Gasteiger partial charge in [0, 0.05) is 24.2 Å². The molecule has 0 aromatic carbocycles. The van der Waals surface area contributed by atoms with Gasteiger partial charge >= 0.3 is 0 Å². The van der Waals surface area contributed by atoms with E-state index < -0.39 is 0 Å². The Balaban J connectivity index is 1.86. The summed E-state index contributed by atoms with van der Waals surface area (Å²) in [4.78, 5) is 6.83. The number of rotatable bonds is 3. The van der Waals surface area contributed by atoms with Crippen LogP contribution in [-0.2, 0) is 0 Å². The van der Waals surface area contributed by atoms with Gasteiger partial charge in [-0.2, -0.15) is 0 Å². The number of anilines is 1. The Morgan fingerprint density at radius 3 is 3.20 bits per heavy atom. The van der Waals surface area contributed by atoms with E-state index in [9.17, 15) is 0 Å². The smallest absolute Gasteiger partial charge is 0.175 e. The van der Waals surface area contributed by atoms with E-state index in [1.165, 1.54) is 13.0 Å². The number of pyridine rings is 1. The summed E-state index contributed by atoms with van der Waals surface area (Å²) >= 11 is 6.07. The first kappa shape index (κ1) is 13.5. The van der Waals surface area contributed by atoms with Gasteiger partial charge in [-0.3, -0.25) is 4.98 Å². The molecule has 3 rings (SSSR count). The van der Waals surface area contributed by atoms with Crippen LogP contribution in [0.1, 0.15) is 19.8 Å². The Bertz CT molecular complexity index is 603. The maximum Gasteiger partial charge on any atom is 0.175 e. The molecule has 1 aliphatic heterocycles. The summed E-state index contributed by atoms with van der Waals surface area (Å²) in [5.74, 6) is 0.730. The second-order valence-corrected chi connectivity index (χ2v) is 5.47. The van der Waals surface area contributed by atoms with Crippen molar-refractivity contribution >= 4 is 28.3 Å². The predicted molar refractivity (Wildman–Crippen MR) is 81.1 cm³/mol. The van der Waals surface area contributed by atoms with E-state index in [1.807, 2.05) is 12.1 Å². The van der Waals surface area contributed by atoms with Crippen LogP contribution >= 0.6 is 11.6 Å². The SMILES string of the molecule is CCN1CCC[C@@H](Nc2nnc(Cl)c3cccnc23)C1. The van der Waals surface area contributed by atoms with Crippen molar-refractivity contribution in [2.24, 2.45) is 0 Å². The summed E-state index contributed by atoms with van der Waals surface area (Å²) in [7, 11) is 0. The van der Waals surface area contributed by atoms with Crippen molar-refractivity contribution in [1.82, 2.24) is 20.1 Å². The minimum absolute atomic E-state index is 0.393. The highest BCUT2D eigenvalue weighted by atomic mass is 35.5. The number of aromatic nitrogens is 3. The first-order chi connectivity index (χ1) is 9.78. The topological polar surface area (TPSA) is 53.9 Å². The molecule has 0 amide bonds. The van der Waals surface area contributed by atoms with Gasteiger partial charge in [0.25, 0.3) is 0 Å². The molecule has 2 aromatic rings. The largest absolute Gasteiger partial charge is 0.363 e. The minimum Gasteiger partial charge on any atom is -0.363 e. The Morgan fingerprint density at radius 2 is 2.35 bits per heavy atom.